The molecule has 1 aliphatic rings. The Bertz CT molecular complexity index is 1230. The molecule has 2 aromatic carbocycles. The van der Waals surface area contributed by atoms with Crippen LogP contribution in [0.3, 0.4) is 0 Å². The maximum Gasteiger partial charge on any atom is 0.266 e. The van der Waals surface area contributed by atoms with Gasteiger partial charge in [-0.2, -0.15) is 0 Å². The smallest absolute Gasteiger partial charge is 0.266 e. The highest BCUT2D eigenvalue weighted by molar-refractivity contribution is 8.26. The van der Waals surface area contributed by atoms with Crippen molar-refractivity contribution in [1.82, 2.24) is 15.1 Å². The molecule has 0 saturated carbocycles. The number of hydrogen-bond acceptors (Lipinski definition) is 8. The number of nitrogens with one attached hydrogen (secondary N) is 1. The molecule has 2 amide bonds. The monoisotopic (exact) mass is 524 g/mol. The van der Waals surface area contributed by atoms with Crippen molar-refractivity contribution in [2.75, 3.05) is 17.6 Å². The van der Waals surface area contributed by atoms with Crippen LogP contribution in [0.4, 0.5) is 5.13 Å². The fraction of sp³-hybridized carbons (Fsp3) is 0.125. The summed E-state index contributed by atoms with van der Waals surface area (Å²) < 4.78 is 1.23. The molecule has 2 heterocycles. The second kappa shape index (κ2) is 12.1. The third-order valence-electron chi connectivity index (χ3n) is 4.60. The van der Waals surface area contributed by atoms with Gasteiger partial charge in [-0.05, 0) is 17.2 Å². The lowest BCUT2D eigenvalue weighted by atomic mass is 10.2. The average Bonchev–Trinajstić information content (AvgIpc) is 3.40. The molecule has 4 rings (SSSR count). The molecule has 3 aromatic rings. The van der Waals surface area contributed by atoms with Gasteiger partial charge in [0, 0.05) is 18.7 Å². The highest BCUT2D eigenvalue weighted by Gasteiger charge is 2.32. The van der Waals surface area contributed by atoms with Crippen molar-refractivity contribution in [2.45, 2.75) is 10.8 Å². The second-order valence-corrected chi connectivity index (χ2v) is 11.0. The predicted molar refractivity (Wildman–Crippen MR) is 146 cm³/mol. The molecule has 0 atom stereocenters. The SMILES string of the molecule is O=C(CCN1C(=O)/C(=C\c2ccccc2)SC1=S)Nc1nnc(SC/C=C/c2ccccc2)s1. The van der Waals surface area contributed by atoms with E-state index in [0.717, 1.165) is 21.2 Å². The Kier molecular flexibility index (Phi) is 8.64. The third-order valence-corrected chi connectivity index (χ3v) is 7.90. The van der Waals surface area contributed by atoms with Crippen LogP contribution in [0.2, 0.25) is 0 Å². The molecule has 10 heteroatoms. The largest absolute Gasteiger partial charge is 0.300 e. The van der Waals surface area contributed by atoms with Gasteiger partial charge in [0.1, 0.15) is 4.32 Å². The lowest BCUT2D eigenvalue weighted by molar-refractivity contribution is -0.122. The Labute approximate surface area is 215 Å². The van der Waals surface area contributed by atoms with Crippen molar-refractivity contribution in [3.8, 4) is 0 Å². The van der Waals surface area contributed by atoms with Crippen LogP contribution in [0.1, 0.15) is 17.5 Å². The molecule has 34 heavy (non-hydrogen) atoms. The van der Waals surface area contributed by atoms with Gasteiger partial charge in [-0.1, -0.05) is 120 Å². The van der Waals surface area contributed by atoms with E-state index in [4.69, 9.17) is 12.2 Å². The van der Waals surface area contributed by atoms with E-state index in [1.165, 1.54) is 28.0 Å². The number of benzene rings is 2. The number of carbonyl (C=O) groups is 2. The quantitative estimate of drug-likeness (QED) is 0.170. The molecule has 0 bridgehead atoms. The fourth-order valence-electron chi connectivity index (χ4n) is 2.97. The Balaban J connectivity index is 1.23. The van der Waals surface area contributed by atoms with Crippen LogP contribution < -0.4 is 5.32 Å². The zero-order chi connectivity index (χ0) is 23.8. The number of nitrogens with zero attached hydrogens (tertiary/aromatic N) is 3. The second-order valence-electron chi connectivity index (χ2n) is 7.04. The minimum absolute atomic E-state index is 0.118. The van der Waals surface area contributed by atoms with Gasteiger partial charge in [-0.15, -0.1) is 10.2 Å². The summed E-state index contributed by atoms with van der Waals surface area (Å²) in [5.41, 5.74) is 2.08. The van der Waals surface area contributed by atoms with E-state index in [0.29, 0.717) is 14.4 Å². The van der Waals surface area contributed by atoms with Crippen LogP contribution >= 0.6 is 47.1 Å². The Morgan fingerprint density at radius 2 is 1.76 bits per heavy atom. The maximum absolute atomic E-state index is 12.7. The Morgan fingerprint density at radius 1 is 1.06 bits per heavy atom. The van der Waals surface area contributed by atoms with Gasteiger partial charge in [-0.3, -0.25) is 14.5 Å². The molecule has 1 fully saturated rings. The summed E-state index contributed by atoms with van der Waals surface area (Å²) in [5, 5.41) is 11.3. The lowest BCUT2D eigenvalue weighted by Gasteiger charge is -2.13. The first kappa shape index (κ1) is 24.3. The minimum Gasteiger partial charge on any atom is -0.300 e. The molecular formula is C24H20N4O2S4. The fourth-order valence-corrected chi connectivity index (χ4v) is 5.89. The van der Waals surface area contributed by atoms with E-state index in [9.17, 15) is 9.59 Å². The van der Waals surface area contributed by atoms with Gasteiger partial charge in [0.25, 0.3) is 5.91 Å². The summed E-state index contributed by atoms with van der Waals surface area (Å²) >= 11 is 9.47. The zero-order valence-corrected chi connectivity index (χ0v) is 21.2. The van der Waals surface area contributed by atoms with Crippen molar-refractivity contribution >= 4 is 80.5 Å². The first-order valence-electron chi connectivity index (χ1n) is 10.4. The topological polar surface area (TPSA) is 75.2 Å². The minimum atomic E-state index is -0.238. The van der Waals surface area contributed by atoms with Crippen molar-refractivity contribution in [2.24, 2.45) is 0 Å². The number of thiocarbonyl (C=S) groups is 1. The highest BCUT2D eigenvalue weighted by atomic mass is 32.2. The summed E-state index contributed by atoms with van der Waals surface area (Å²) in [6.45, 7) is 0.216. The number of hydrogen-bond donors (Lipinski definition) is 1. The highest BCUT2D eigenvalue weighted by Crippen LogP contribution is 2.32. The standard InChI is InChI=1S/C24H20N4O2S4/c29-20(13-14-28-21(30)19(33-24(28)31)16-18-10-5-2-6-11-18)25-22-26-27-23(34-22)32-15-7-12-17-8-3-1-4-9-17/h1-12,16H,13-15H2,(H,25,26,29)/b12-7+,19-16+. The number of amides is 2. The molecule has 0 aliphatic carbocycles. The molecule has 1 saturated heterocycles. The maximum atomic E-state index is 12.7. The van der Waals surface area contributed by atoms with Crippen LogP contribution in [0.5, 0.6) is 0 Å². The van der Waals surface area contributed by atoms with Crippen LogP contribution in [0.25, 0.3) is 12.2 Å². The van der Waals surface area contributed by atoms with E-state index >= 15 is 0 Å². The molecule has 0 unspecified atom stereocenters. The number of thioether (sulfide) groups is 2. The third kappa shape index (κ3) is 6.86. The normalized spacial score (nSPS) is 14.9. The molecule has 1 N–H and O–H groups in total. The van der Waals surface area contributed by atoms with Gasteiger partial charge in [0.2, 0.25) is 11.0 Å². The van der Waals surface area contributed by atoms with Crippen molar-refractivity contribution in [1.29, 1.82) is 0 Å². The molecule has 1 aliphatic heterocycles. The summed E-state index contributed by atoms with van der Waals surface area (Å²) in [6, 6.07) is 19.7. The Morgan fingerprint density at radius 3 is 2.50 bits per heavy atom. The van der Waals surface area contributed by atoms with Gasteiger partial charge in [-0.25, -0.2) is 0 Å². The van der Waals surface area contributed by atoms with Crippen LogP contribution in [-0.2, 0) is 9.59 Å². The van der Waals surface area contributed by atoms with Crippen molar-refractivity contribution < 1.29 is 9.59 Å². The summed E-state index contributed by atoms with van der Waals surface area (Å²) in [6.07, 6.45) is 6.05. The van der Waals surface area contributed by atoms with Gasteiger partial charge < -0.3 is 5.32 Å². The van der Waals surface area contributed by atoms with Gasteiger partial charge in [0.05, 0.1) is 4.91 Å². The summed E-state index contributed by atoms with van der Waals surface area (Å²) in [5.74, 6) is 0.338. The average molecular weight is 525 g/mol. The van der Waals surface area contributed by atoms with E-state index < -0.39 is 0 Å². The summed E-state index contributed by atoms with van der Waals surface area (Å²) in [7, 11) is 0. The van der Waals surface area contributed by atoms with Crippen molar-refractivity contribution in [3.05, 3.63) is 82.8 Å². The number of anilines is 1. The van der Waals surface area contributed by atoms with E-state index in [1.807, 2.05) is 66.7 Å². The molecule has 1 aromatic heterocycles. The van der Waals surface area contributed by atoms with Crippen LogP contribution in [-0.4, -0.2) is 43.5 Å². The lowest BCUT2D eigenvalue weighted by Crippen LogP contribution is -2.31. The van der Waals surface area contributed by atoms with Crippen molar-refractivity contribution in [3.63, 3.8) is 0 Å². The van der Waals surface area contributed by atoms with Crippen LogP contribution in [0, 0.1) is 0 Å². The molecule has 172 valence electrons. The van der Waals surface area contributed by atoms with E-state index in [1.54, 1.807) is 11.8 Å². The first-order valence-corrected chi connectivity index (χ1v) is 13.4. The number of rotatable bonds is 9. The predicted octanol–water partition coefficient (Wildman–Crippen LogP) is 5.57. The van der Waals surface area contributed by atoms with E-state index in [-0.39, 0.29) is 24.8 Å². The molecular weight excluding hydrogens is 505 g/mol. The van der Waals surface area contributed by atoms with Gasteiger partial charge in [0.15, 0.2) is 4.34 Å². The van der Waals surface area contributed by atoms with Gasteiger partial charge >= 0.3 is 0 Å². The van der Waals surface area contributed by atoms with E-state index in [2.05, 4.69) is 27.7 Å². The number of carbonyl (C=O) groups excluding carboxylic acids is 2. The van der Waals surface area contributed by atoms with Crippen LogP contribution in [0.15, 0.2) is 76.0 Å². The number of aromatic nitrogens is 2. The molecule has 0 spiro atoms. The molecule has 6 nitrogen and oxygen atoms in total. The summed E-state index contributed by atoms with van der Waals surface area (Å²) in [4.78, 5) is 27.1. The Hall–Kier alpha value is -2.79. The molecule has 0 radical (unpaired) electrons. The first-order chi connectivity index (χ1) is 16.6. The zero-order valence-electron chi connectivity index (χ0n) is 17.9.